The molecule has 1 amide bonds. The van der Waals surface area contributed by atoms with Crippen molar-refractivity contribution in [2.45, 2.75) is 51.7 Å². The number of benzene rings is 1. The van der Waals surface area contributed by atoms with Crippen LogP contribution in [0, 0.1) is 0 Å². The SMILES string of the molecule is CCCCC1[C@H](C)N(Cc2nc3ccccc3o2)CCN1C(=O)O. The van der Waals surface area contributed by atoms with E-state index < -0.39 is 6.09 Å². The molecular weight excluding hydrogens is 306 g/mol. The molecule has 0 bridgehead atoms. The van der Waals surface area contributed by atoms with Crippen molar-refractivity contribution in [1.29, 1.82) is 0 Å². The van der Waals surface area contributed by atoms with Gasteiger partial charge in [-0.25, -0.2) is 9.78 Å². The van der Waals surface area contributed by atoms with Gasteiger partial charge in [0.1, 0.15) is 5.52 Å². The van der Waals surface area contributed by atoms with Gasteiger partial charge >= 0.3 is 6.09 Å². The molecule has 0 aliphatic carbocycles. The highest BCUT2D eigenvalue weighted by Crippen LogP contribution is 2.24. The molecule has 0 radical (unpaired) electrons. The lowest BCUT2D eigenvalue weighted by Gasteiger charge is -2.45. The first-order valence-corrected chi connectivity index (χ1v) is 8.68. The van der Waals surface area contributed by atoms with Crippen molar-refractivity contribution in [3.63, 3.8) is 0 Å². The lowest BCUT2D eigenvalue weighted by Crippen LogP contribution is -2.59. The van der Waals surface area contributed by atoms with E-state index in [0.29, 0.717) is 25.5 Å². The summed E-state index contributed by atoms with van der Waals surface area (Å²) >= 11 is 0. The average Bonchev–Trinajstić information content (AvgIpc) is 2.97. The Morgan fingerprint density at radius 2 is 2.17 bits per heavy atom. The third-order valence-electron chi connectivity index (χ3n) is 4.94. The maximum atomic E-state index is 11.5. The zero-order valence-electron chi connectivity index (χ0n) is 14.3. The van der Waals surface area contributed by atoms with Crippen LogP contribution in [0.25, 0.3) is 11.1 Å². The van der Waals surface area contributed by atoms with Crippen LogP contribution in [0.15, 0.2) is 28.7 Å². The number of para-hydroxylation sites is 2. The Morgan fingerprint density at radius 3 is 2.88 bits per heavy atom. The maximum Gasteiger partial charge on any atom is 0.407 e. The van der Waals surface area contributed by atoms with Gasteiger partial charge in [-0.15, -0.1) is 0 Å². The van der Waals surface area contributed by atoms with E-state index in [1.165, 1.54) is 0 Å². The van der Waals surface area contributed by atoms with E-state index in [1.54, 1.807) is 4.90 Å². The molecule has 6 heteroatoms. The largest absolute Gasteiger partial charge is 0.465 e. The van der Waals surface area contributed by atoms with Crippen LogP contribution >= 0.6 is 0 Å². The molecule has 2 heterocycles. The summed E-state index contributed by atoms with van der Waals surface area (Å²) in [5.74, 6) is 0.695. The molecule has 1 aliphatic heterocycles. The second-order valence-corrected chi connectivity index (χ2v) is 6.47. The Balaban J connectivity index is 1.74. The topological polar surface area (TPSA) is 69.8 Å². The zero-order valence-corrected chi connectivity index (χ0v) is 14.3. The van der Waals surface area contributed by atoms with Crippen LogP contribution in [0.2, 0.25) is 0 Å². The van der Waals surface area contributed by atoms with E-state index >= 15 is 0 Å². The quantitative estimate of drug-likeness (QED) is 0.907. The fourth-order valence-corrected chi connectivity index (χ4v) is 3.54. The zero-order chi connectivity index (χ0) is 17.1. The Hall–Kier alpha value is -2.08. The van der Waals surface area contributed by atoms with Gasteiger partial charge in [-0.2, -0.15) is 0 Å². The minimum absolute atomic E-state index is 0.0283. The van der Waals surface area contributed by atoms with Crippen LogP contribution in [0.5, 0.6) is 0 Å². The van der Waals surface area contributed by atoms with E-state index in [0.717, 1.165) is 30.4 Å². The van der Waals surface area contributed by atoms with Crippen LogP contribution < -0.4 is 0 Å². The van der Waals surface area contributed by atoms with Crippen LogP contribution in [0.1, 0.15) is 39.0 Å². The number of nitrogens with zero attached hydrogens (tertiary/aromatic N) is 3. The number of aromatic nitrogens is 1. The van der Waals surface area contributed by atoms with Crippen LogP contribution in [-0.4, -0.2) is 51.2 Å². The highest BCUT2D eigenvalue weighted by atomic mass is 16.4. The summed E-state index contributed by atoms with van der Waals surface area (Å²) in [4.78, 5) is 20.0. The lowest BCUT2D eigenvalue weighted by molar-refractivity contribution is 0.0190. The first-order valence-electron chi connectivity index (χ1n) is 8.68. The molecule has 1 aromatic carbocycles. The second kappa shape index (κ2) is 7.21. The van der Waals surface area contributed by atoms with Gasteiger partial charge in [0.2, 0.25) is 5.89 Å². The van der Waals surface area contributed by atoms with Crippen molar-refractivity contribution < 1.29 is 14.3 Å². The van der Waals surface area contributed by atoms with E-state index in [-0.39, 0.29) is 12.1 Å². The summed E-state index contributed by atoms with van der Waals surface area (Å²) in [6.07, 6.45) is 2.19. The molecule has 1 aromatic heterocycles. The minimum Gasteiger partial charge on any atom is -0.465 e. The number of carboxylic acid groups (broad SMARTS) is 1. The first-order chi connectivity index (χ1) is 11.6. The van der Waals surface area contributed by atoms with Gasteiger partial charge in [0, 0.05) is 19.1 Å². The Kier molecular flexibility index (Phi) is 5.04. The van der Waals surface area contributed by atoms with Crippen LogP contribution in [0.3, 0.4) is 0 Å². The fraction of sp³-hybridized carbons (Fsp3) is 0.556. The van der Waals surface area contributed by atoms with Gasteiger partial charge in [0.15, 0.2) is 5.58 Å². The molecule has 6 nitrogen and oxygen atoms in total. The standard InChI is InChI=1S/C18H25N3O3/c1-3-4-8-15-13(2)20(10-11-21(15)18(22)23)12-17-19-14-7-5-6-9-16(14)24-17/h5-7,9,13,15H,3-4,8,10-12H2,1-2H3,(H,22,23)/t13-,15?/m0/s1. The Labute approximate surface area is 142 Å². The van der Waals surface area contributed by atoms with Gasteiger partial charge < -0.3 is 14.4 Å². The number of amides is 1. The molecule has 0 saturated carbocycles. The molecule has 1 unspecified atom stereocenters. The molecule has 1 saturated heterocycles. The van der Waals surface area contributed by atoms with E-state index in [2.05, 4.69) is 23.7 Å². The predicted molar refractivity (Wildman–Crippen MR) is 91.9 cm³/mol. The molecule has 1 N–H and O–H groups in total. The third kappa shape index (κ3) is 3.38. The number of rotatable bonds is 5. The first kappa shape index (κ1) is 16.8. The summed E-state index contributed by atoms with van der Waals surface area (Å²) in [5, 5.41) is 9.47. The van der Waals surface area contributed by atoms with Crippen LogP contribution in [-0.2, 0) is 6.54 Å². The van der Waals surface area contributed by atoms with Crippen molar-refractivity contribution in [3.05, 3.63) is 30.2 Å². The maximum absolute atomic E-state index is 11.5. The lowest BCUT2D eigenvalue weighted by atomic mass is 9.97. The van der Waals surface area contributed by atoms with Gasteiger partial charge in [-0.05, 0) is 25.5 Å². The highest BCUT2D eigenvalue weighted by Gasteiger charge is 2.36. The van der Waals surface area contributed by atoms with Crippen molar-refractivity contribution in [3.8, 4) is 0 Å². The molecule has 0 spiro atoms. The fourth-order valence-electron chi connectivity index (χ4n) is 3.54. The third-order valence-corrected chi connectivity index (χ3v) is 4.94. The normalized spacial score (nSPS) is 22.2. The second-order valence-electron chi connectivity index (χ2n) is 6.47. The van der Waals surface area contributed by atoms with E-state index in [1.807, 2.05) is 24.3 Å². The van der Waals surface area contributed by atoms with Crippen LogP contribution in [0.4, 0.5) is 4.79 Å². The van der Waals surface area contributed by atoms with Gasteiger partial charge in [-0.3, -0.25) is 4.90 Å². The molecule has 24 heavy (non-hydrogen) atoms. The number of unbranched alkanes of at least 4 members (excludes halogenated alkanes) is 1. The molecule has 2 aromatic rings. The molecule has 3 rings (SSSR count). The highest BCUT2D eigenvalue weighted by molar-refractivity contribution is 5.72. The number of oxazole rings is 1. The van der Waals surface area contributed by atoms with Crippen molar-refractivity contribution in [2.75, 3.05) is 13.1 Å². The molecule has 1 aliphatic rings. The van der Waals surface area contributed by atoms with Crippen molar-refractivity contribution >= 4 is 17.2 Å². The smallest absolute Gasteiger partial charge is 0.407 e. The molecule has 2 atom stereocenters. The number of hydrogen-bond acceptors (Lipinski definition) is 4. The monoisotopic (exact) mass is 331 g/mol. The summed E-state index contributed by atoms with van der Waals surface area (Å²) in [6, 6.07) is 7.92. The summed E-state index contributed by atoms with van der Waals surface area (Å²) in [7, 11) is 0. The summed E-state index contributed by atoms with van der Waals surface area (Å²) in [6.45, 7) is 6.10. The average molecular weight is 331 g/mol. The Morgan fingerprint density at radius 1 is 1.38 bits per heavy atom. The number of carbonyl (C=O) groups is 1. The van der Waals surface area contributed by atoms with Crippen molar-refractivity contribution in [1.82, 2.24) is 14.8 Å². The number of fused-ring (bicyclic) bond motifs is 1. The number of piperazine rings is 1. The van der Waals surface area contributed by atoms with Gasteiger partial charge in [0.05, 0.1) is 12.6 Å². The summed E-state index contributed by atoms with van der Waals surface area (Å²) < 4.78 is 5.83. The molecule has 130 valence electrons. The molecular formula is C18H25N3O3. The van der Waals surface area contributed by atoms with E-state index in [4.69, 9.17) is 4.42 Å². The molecule has 1 fully saturated rings. The van der Waals surface area contributed by atoms with E-state index in [9.17, 15) is 9.90 Å². The van der Waals surface area contributed by atoms with Gasteiger partial charge in [0.25, 0.3) is 0 Å². The van der Waals surface area contributed by atoms with Gasteiger partial charge in [-0.1, -0.05) is 31.9 Å². The summed E-state index contributed by atoms with van der Waals surface area (Å²) in [5.41, 5.74) is 1.67. The minimum atomic E-state index is -0.815. The number of hydrogen-bond donors (Lipinski definition) is 1. The van der Waals surface area contributed by atoms with Crippen molar-refractivity contribution in [2.24, 2.45) is 0 Å². The Bertz CT molecular complexity index is 667. The predicted octanol–water partition coefficient (Wildman–Crippen LogP) is 3.57.